The molecule has 0 aromatic heterocycles. The number of hydrogen-bond donors (Lipinski definition) is 0. The van der Waals surface area contributed by atoms with Gasteiger partial charge in [0.2, 0.25) is 0 Å². The van der Waals surface area contributed by atoms with Crippen LogP contribution in [0.3, 0.4) is 0 Å². The number of benzene rings is 1. The third-order valence-electron chi connectivity index (χ3n) is 4.87. The third-order valence-corrected chi connectivity index (χ3v) is 6.49. The van der Waals surface area contributed by atoms with E-state index in [9.17, 15) is 9.59 Å². The Morgan fingerprint density at radius 3 is 2.41 bits per heavy atom. The van der Waals surface area contributed by atoms with E-state index in [1.807, 2.05) is 24.3 Å². The van der Waals surface area contributed by atoms with E-state index in [1.54, 1.807) is 16.7 Å². The van der Waals surface area contributed by atoms with Gasteiger partial charge in [-0.1, -0.05) is 52.7 Å². The van der Waals surface area contributed by atoms with Gasteiger partial charge in [0.15, 0.2) is 0 Å². The number of carbonyl (C=O) groups is 2. The maximum atomic E-state index is 13.2. The Labute approximate surface area is 168 Å². The van der Waals surface area contributed by atoms with Crippen LogP contribution in [0.15, 0.2) is 24.3 Å². The minimum Gasteiger partial charge on any atom is -0.464 e. The molecule has 2 rings (SSSR count). The van der Waals surface area contributed by atoms with E-state index < -0.39 is 6.04 Å². The molecule has 1 aliphatic heterocycles. The van der Waals surface area contributed by atoms with E-state index in [2.05, 4.69) is 27.7 Å². The van der Waals surface area contributed by atoms with Crippen LogP contribution in [0.5, 0.6) is 0 Å². The molecule has 27 heavy (non-hydrogen) atoms. The van der Waals surface area contributed by atoms with Gasteiger partial charge in [0.1, 0.15) is 6.04 Å². The van der Waals surface area contributed by atoms with Crippen molar-refractivity contribution in [3.05, 3.63) is 35.4 Å². The molecule has 4 nitrogen and oxygen atoms in total. The standard InChI is InChI=1S/C22H33NO3S/c1-5-7-9-17-10-12-18(13-11-17)20(24)23-19(15-27-21(23)16(3)4)22(25)26-14-8-6-2/h10-13,16,19,21H,5-9,14-15H2,1-4H3/t19-,21+/m1/s1. The van der Waals surface area contributed by atoms with E-state index in [0.717, 1.165) is 32.1 Å². The first kappa shape index (κ1) is 21.8. The Hall–Kier alpha value is -1.49. The first-order valence-electron chi connectivity index (χ1n) is 10.2. The number of esters is 1. The average Bonchev–Trinajstić information content (AvgIpc) is 3.12. The number of hydrogen-bond acceptors (Lipinski definition) is 4. The molecule has 0 aliphatic carbocycles. The zero-order valence-electron chi connectivity index (χ0n) is 17.1. The molecule has 0 bridgehead atoms. The molecule has 0 spiro atoms. The lowest BCUT2D eigenvalue weighted by Gasteiger charge is -2.30. The van der Waals surface area contributed by atoms with Crippen LogP contribution in [0.2, 0.25) is 0 Å². The highest BCUT2D eigenvalue weighted by molar-refractivity contribution is 8.00. The highest BCUT2D eigenvalue weighted by Crippen LogP contribution is 2.35. The monoisotopic (exact) mass is 391 g/mol. The summed E-state index contributed by atoms with van der Waals surface area (Å²) in [6, 6.07) is 7.36. The number of carbonyl (C=O) groups excluding carboxylic acids is 2. The van der Waals surface area contributed by atoms with Gasteiger partial charge in [-0.25, -0.2) is 4.79 Å². The van der Waals surface area contributed by atoms with Crippen molar-refractivity contribution in [2.24, 2.45) is 5.92 Å². The SMILES string of the molecule is CCCCOC(=O)[C@H]1CS[C@@H](C(C)C)N1C(=O)c1ccc(CCCC)cc1. The Balaban J connectivity index is 2.15. The summed E-state index contributed by atoms with van der Waals surface area (Å²) < 4.78 is 5.43. The van der Waals surface area contributed by atoms with Crippen LogP contribution in [-0.4, -0.2) is 40.6 Å². The van der Waals surface area contributed by atoms with Gasteiger partial charge in [-0.3, -0.25) is 4.79 Å². The van der Waals surface area contributed by atoms with Gasteiger partial charge in [0, 0.05) is 11.3 Å². The fourth-order valence-electron chi connectivity index (χ4n) is 3.24. The summed E-state index contributed by atoms with van der Waals surface area (Å²) in [5, 5.41) is 0.000920. The van der Waals surface area contributed by atoms with Crippen LogP contribution < -0.4 is 0 Å². The maximum absolute atomic E-state index is 13.2. The van der Waals surface area contributed by atoms with E-state index >= 15 is 0 Å². The zero-order valence-corrected chi connectivity index (χ0v) is 17.9. The van der Waals surface area contributed by atoms with E-state index in [0.29, 0.717) is 17.9 Å². The van der Waals surface area contributed by atoms with Crippen LogP contribution in [-0.2, 0) is 16.0 Å². The zero-order chi connectivity index (χ0) is 19.8. The minimum absolute atomic E-state index is 0.000920. The minimum atomic E-state index is -0.494. The van der Waals surface area contributed by atoms with Crippen molar-refractivity contribution in [3.63, 3.8) is 0 Å². The smallest absolute Gasteiger partial charge is 0.329 e. The summed E-state index contributed by atoms with van der Waals surface area (Å²) in [6.45, 7) is 8.85. The molecule has 0 unspecified atom stereocenters. The van der Waals surface area contributed by atoms with Crippen LogP contribution in [0.4, 0.5) is 0 Å². The fourth-order valence-corrected chi connectivity index (χ4v) is 4.70. The van der Waals surface area contributed by atoms with Crippen molar-refractivity contribution in [2.75, 3.05) is 12.4 Å². The summed E-state index contributed by atoms with van der Waals surface area (Å²) in [5.41, 5.74) is 1.90. The van der Waals surface area contributed by atoms with Gasteiger partial charge in [-0.15, -0.1) is 11.8 Å². The average molecular weight is 392 g/mol. The number of rotatable bonds is 9. The molecule has 1 heterocycles. The molecule has 0 N–H and O–H groups in total. The lowest BCUT2D eigenvalue weighted by atomic mass is 10.0. The van der Waals surface area contributed by atoms with Gasteiger partial charge in [0.05, 0.1) is 12.0 Å². The first-order chi connectivity index (χ1) is 13.0. The topological polar surface area (TPSA) is 46.6 Å². The first-order valence-corrected chi connectivity index (χ1v) is 11.2. The molecule has 1 saturated heterocycles. The lowest BCUT2D eigenvalue weighted by Crippen LogP contribution is -2.47. The highest BCUT2D eigenvalue weighted by Gasteiger charge is 2.43. The van der Waals surface area contributed by atoms with Crippen molar-refractivity contribution >= 4 is 23.6 Å². The Bertz CT molecular complexity index is 614. The van der Waals surface area contributed by atoms with Crippen molar-refractivity contribution < 1.29 is 14.3 Å². The van der Waals surface area contributed by atoms with Gasteiger partial charge < -0.3 is 9.64 Å². The summed E-state index contributed by atoms with van der Waals surface area (Å²) in [4.78, 5) is 27.6. The summed E-state index contributed by atoms with van der Waals surface area (Å²) >= 11 is 1.68. The molecular formula is C22H33NO3S. The molecule has 2 atom stereocenters. The Morgan fingerprint density at radius 2 is 1.81 bits per heavy atom. The Morgan fingerprint density at radius 1 is 1.15 bits per heavy atom. The number of nitrogens with zero attached hydrogens (tertiary/aromatic N) is 1. The van der Waals surface area contributed by atoms with Gasteiger partial charge in [-0.05, 0) is 42.9 Å². The maximum Gasteiger partial charge on any atom is 0.329 e. The van der Waals surface area contributed by atoms with Crippen molar-refractivity contribution in [3.8, 4) is 0 Å². The van der Waals surface area contributed by atoms with Gasteiger partial charge in [-0.2, -0.15) is 0 Å². The molecule has 1 amide bonds. The predicted octanol–water partition coefficient (Wildman–Crippen LogP) is 4.91. The number of amides is 1. The molecule has 0 radical (unpaired) electrons. The van der Waals surface area contributed by atoms with Crippen LogP contribution in [0, 0.1) is 5.92 Å². The number of aryl methyl sites for hydroxylation is 1. The molecule has 1 aliphatic rings. The Kier molecular flexibility index (Phi) is 8.68. The molecular weight excluding hydrogens is 358 g/mol. The van der Waals surface area contributed by atoms with Crippen LogP contribution in [0.1, 0.15) is 69.3 Å². The fraction of sp³-hybridized carbons (Fsp3) is 0.636. The molecule has 1 aromatic carbocycles. The molecule has 0 saturated carbocycles. The second-order valence-corrected chi connectivity index (χ2v) is 8.67. The molecule has 1 aromatic rings. The number of unbranched alkanes of at least 4 members (excludes halogenated alkanes) is 2. The van der Waals surface area contributed by atoms with Crippen molar-refractivity contribution in [1.82, 2.24) is 4.90 Å². The van der Waals surface area contributed by atoms with Gasteiger partial charge >= 0.3 is 5.97 Å². The van der Waals surface area contributed by atoms with Crippen LogP contribution in [0.25, 0.3) is 0 Å². The normalized spacial score (nSPS) is 19.5. The second kappa shape index (κ2) is 10.7. The largest absolute Gasteiger partial charge is 0.464 e. The van der Waals surface area contributed by atoms with Gasteiger partial charge in [0.25, 0.3) is 5.91 Å². The second-order valence-electron chi connectivity index (χ2n) is 7.52. The van der Waals surface area contributed by atoms with E-state index in [4.69, 9.17) is 4.74 Å². The molecule has 1 fully saturated rings. The third kappa shape index (κ3) is 5.74. The van der Waals surface area contributed by atoms with Crippen LogP contribution >= 0.6 is 11.8 Å². The summed E-state index contributed by atoms with van der Waals surface area (Å²) in [5.74, 6) is 0.537. The quantitative estimate of drug-likeness (QED) is 0.443. The summed E-state index contributed by atoms with van der Waals surface area (Å²) in [7, 11) is 0. The number of thioether (sulfide) groups is 1. The predicted molar refractivity (Wildman–Crippen MR) is 112 cm³/mol. The summed E-state index contributed by atoms with van der Waals surface area (Å²) in [6.07, 6.45) is 5.17. The van der Waals surface area contributed by atoms with Crippen molar-refractivity contribution in [2.45, 2.75) is 71.2 Å². The lowest BCUT2D eigenvalue weighted by molar-refractivity contribution is -0.148. The highest BCUT2D eigenvalue weighted by atomic mass is 32.2. The number of ether oxygens (including phenoxy) is 1. The molecule has 150 valence electrons. The molecule has 5 heteroatoms. The van der Waals surface area contributed by atoms with Crippen molar-refractivity contribution in [1.29, 1.82) is 0 Å². The van der Waals surface area contributed by atoms with E-state index in [-0.39, 0.29) is 23.2 Å². The van der Waals surface area contributed by atoms with E-state index in [1.165, 1.54) is 5.56 Å².